The molecule has 4 rings (SSSR count). The number of nitrogens with zero attached hydrogens (tertiary/aromatic N) is 2. The molecule has 0 bridgehead atoms. The molecule has 3 aromatic carbocycles. The van der Waals surface area contributed by atoms with Crippen molar-refractivity contribution in [2.75, 3.05) is 32.7 Å². The second kappa shape index (κ2) is 10.0. The van der Waals surface area contributed by atoms with Crippen LogP contribution in [0.3, 0.4) is 0 Å². The van der Waals surface area contributed by atoms with E-state index in [0.717, 1.165) is 54.6 Å². The Balaban J connectivity index is 1.27. The van der Waals surface area contributed by atoms with Crippen molar-refractivity contribution in [1.82, 2.24) is 14.5 Å². The average Bonchev–Trinajstić information content (AvgIpc) is 2.79. The Labute approximate surface area is 198 Å². The third-order valence-electron chi connectivity index (χ3n) is 6.07. The number of halogens is 3. The van der Waals surface area contributed by atoms with Gasteiger partial charge in [0.2, 0.25) is 10.0 Å². The number of nitrogens with one attached hydrogen (secondary N) is 1. The van der Waals surface area contributed by atoms with E-state index < -0.39 is 21.8 Å². The fourth-order valence-corrected chi connectivity index (χ4v) is 5.55. The number of rotatable bonds is 7. The van der Waals surface area contributed by atoms with Crippen LogP contribution in [0.25, 0.3) is 10.8 Å². The Morgan fingerprint density at radius 3 is 2.15 bits per heavy atom. The monoisotopic (exact) mass is 491 g/mol. The maximum absolute atomic E-state index is 12.9. The lowest BCUT2D eigenvalue weighted by atomic mass is 10.1. The standard InChI is InChI=1S/C25H28F3N3O2S/c1-19(29-34(32,33)24-11-8-21-4-2-3-5-22(21)16-24)17-30-12-14-31(15-13-30)18-20-6-9-23(10-7-20)25(26,27)28/h2-11,16,19,29H,12-15,17-18H2,1H3. The second-order valence-electron chi connectivity index (χ2n) is 8.80. The predicted octanol–water partition coefficient (Wildman–Crippen LogP) is 4.34. The normalized spacial score (nSPS) is 17.2. The third-order valence-corrected chi connectivity index (χ3v) is 7.66. The molecule has 0 radical (unpaired) electrons. The molecule has 0 spiro atoms. The second-order valence-corrected chi connectivity index (χ2v) is 10.5. The van der Waals surface area contributed by atoms with Gasteiger partial charge in [-0.2, -0.15) is 13.2 Å². The maximum Gasteiger partial charge on any atom is 0.416 e. The highest BCUT2D eigenvalue weighted by Crippen LogP contribution is 2.29. The van der Waals surface area contributed by atoms with E-state index in [9.17, 15) is 21.6 Å². The molecule has 1 N–H and O–H groups in total. The molecule has 1 atom stereocenters. The highest BCUT2D eigenvalue weighted by atomic mass is 32.2. The van der Waals surface area contributed by atoms with Crippen LogP contribution in [0.1, 0.15) is 18.1 Å². The van der Waals surface area contributed by atoms with Gasteiger partial charge in [0.25, 0.3) is 0 Å². The van der Waals surface area contributed by atoms with Gasteiger partial charge in [0.15, 0.2) is 0 Å². The van der Waals surface area contributed by atoms with E-state index >= 15 is 0 Å². The average molecular weight is 492 g/mol. The summed E-state index contributed by atoms with van der Waals surface area (Å²) in [6.07, 6.45) is -4.32. The molecule has 1 fully saturated rings. The summed E-state index contributed by atoms with van der Waals surface area (Å²) < 4.78 is 66.7. The van der Waals surface area contributed by atoms with Gasteiger partial charge < -0.3 is 0 Å². The zero-order chi connectivity index (χ0) is 24.3. The molecule has 34 heavy (non-hydrogen) atoms. The van der Waals surface area contributed by atoms with Crippen molar-refractivity contribution in [3.05, 3.63) is 77.9 Å². The molecular weight excluding hydrogens is 463 g/mol. The lowest BCUT2D eigenvalue weighted by Gasteiger charge is -2.36. The lowest BCUT2D eigenvalue weighted by Crippen LogP contribution is -2.50. The highest BCUT2D eigenvalue weighted by molar-refractivity contribution is 7.89. The number of hydrogen-bond acceptors (Lipinski definition) is 4. The van der Waals surface area contributed by atoms with Gasteiger partial charge in [0.05, 0.1) is 10.5 Å². The van der Waals surface area contributed by atoms with Gasteiger partial charge in [-0.05, 0) is 47.5 Å². The Morgan fingerprint density at radius 1 is 0.882 bits per heavy atom. The zero-order valence-corrected chi connectivity index (χ0v) is 19.7. The van der Waals surface area contributed by atoms with Gasteiger partial charge in [0.1, 0.15) is 0 Å². The minimum absolute atomic E-state index is 0.249. The molecule has 1 saturated heterocycles. The summed E-state index contributed by atoms with van der Waals surface area (Å²) in [5.41, 5.74) is 0.208. The summed E-state index contributed by atoms with van der Waals surface area (Å²) in [5, 5.41) is 1.87. The van der Waals surface area contributed by atoms with E-state index in [1.165, 1.54) is 12.1 Å². The van der Waals surface area contributed by atoms with Crippen molar-refractivity contribution in [2.24, 2.45) is 0 Å². The van der Waals surface area contributed by atoms with E-state index in [4.69, 9.17) is 0 Å². The number of hydrogen-bond donors (Lipinski definition) is 1. The largest absolute Gasteiger partial charge is 0.416 e. The molecule has 1 aliphatic rings. The van der Waals surface area contributed by atoms with Gasteiger partial charge >= 0.3 is 6.18 Å². The van der Waals surface area contributed by atoms with Crippen molar-refractivity contribution in [1.29, 1.82) is 0 Å². The fraction of sp³-hybridized carbons (Fsp3) is 0.360. The Morgan fingerprint density at radius 2 is 1.50 bits per heavy atom. The van der Waals surface area contributed by atoms with Crippen LogP contribution in [0.5, 0.6) is 0 Å². The van der Waals surface area contributed by atoms with Crippen LogP contribution in [-0.2, 0) is 22.7 Å². The van der Waals surface area contributed by atoms with Crippen LogP contribution in [0.2, 0.25) is 0 Å². The van der Waals surface area contributed by atoms with Crippen LogP contribution in [0, 0.1) is 0 Å². The van der Waals surface area contributed by atoms with E-state index in [1.54, 1.807) is 12.1 Å². The molecule has 5 nitrogen and oxygen atoms in total. The van der Waals surface area contributed by atoms with E-state index in [-0.39, 0.29) is 10.9 Å². The topological polar surface area (TPSA) is 52.6 Å². The van der Waals surface area contributed by atoms with Crippen LogP contribution >= 0.6 is 0 Å². The van der Waals surface area contributed by atoms with Crippen LogP contribution in [0.4, 0.5) is 13.2 Å². The zero-order valence-electron chi connectivity index (χ0n) is 18.9. The Kier molecular flexibility index (Phi) is 7.28. The summed E-state index contributed by atoms with van der Waals surface area (Å²) in [6, 6.07) is 17.8. The van der Waals surface area contributed by atoms with E-state index in [0.29, 0.717) is 13.1 Å². The maximum atomic E-state index is 12.9. The molecule has 1 heterocycles. The first-order valence-corrected chi connectivity index (χ1v) is 12.7. The van der Waals surface area contributed by atoms with E-state index in [1.807, 2.05) is 37.3 Å². The minimum Gasteiger partial charge on any atom is -0.299 e. The first-order valence-electron chi connectivity index (χ1n) is 11.2. The SMILES string of the molecule is CC(CN1CCN(Cc2ccc(C(F)(F)F)cc2)CC1)NS(=O)(=O)c1ccc2ccccc2c1. The van der Waals surface area contributed by atoms with Crippen molar-refractivity contribution in [2.45, 2.75) is 30.6 Å². The van der Waals surface area contributed by atoms with Gasteiger partial charge in [-0.25, -0.2) is 13.1 Å². The van der Waals surface area contributed by atoms with Crippen molar-refractivity contribution in [3.63, 3.8) is 0 Å². The smallest absolute Gasteiger partial charge is 0.299 e. The van der Waals surface area contributed by atoms with Gasteiger partial charge in [-0.15, -0.1) is 0 Å². The van der Waals surface area contributed by atoms with E-state index in [2.05, 4.69) is 14.5 Å². The summed E-state index contributed by atoms with van der Waals surface area (Å²) in [5.74, 6) is 0. The highest BCUT2D eigenvalue weighted by Gasteiger charge is 2.30. The molecule has 3 aromatic rings. The fourth-order valence-electron chi connectivity index (χ4n) is 4.28. The number of fused-ring (bicyclic) bond motifs is 1. The third kappa shape index (κ3) is 6.15. The summed E-state index contributed by atoms with van der Waals surface area (Å²) in [4.78, 5) is 4.65. The number of sulfonamides is 1. The van der Waals surface area contributed by atoms with Crippen LogP contribution in [0.15, 0.2) is 71.6 Å². The quantitative estimate of drug-likeness (QED) is 0.534. The molecule has 0 amide bonds. The summed E-state index contributed by atoms with van der Waals surface area (Å²) in [7, 11) is -3.63. The summed E-state index contributed by atoms with van der Waals surface area (Å²) in [6.45, 7) is 6.10. The molecule has 182 valence electrons. The molecule has 9 heteroatoms. The minimum atomic E-state index is -4.32. The van der Waals surface area contributed by atoms with Crippen molar-refractivity contribution < 1.29 is 21.6 Å². The van der Waals surface area contributed by atoms with Crippen LogP contribution < -0.4 is 4.72 Å². The van der Waals surface area contributed by atoms with Gasteiger partial charge in [-0.3, -0.25) is 9.80 Å². The van der Waals surface area contributed by atoms with Crippen LogP contribution in [-0.4, -0.2) is 57.0 Å². The number of alkyl halides is 3. The Hall–Kier alpha value is -2.46. The number of piperazine rings is 1. The van der Waals surface area contributed by atoms with Gasteiger partial charge in [-0.1, -0.05) is 42.5 Å². The summed E-state index contributed by atoms with van der Waals surface area (Å²) >= 11 is 0. The molecule has 1 aliphatic heterocycles. The predicted molar refractivity (Wildman–Crippen MR) is 127 cm³/mol. The van der Waals surface area contributed by atoms with Gasteiger partial charge in [0, 0.05) is 45.3 Å². The molecule has 1 unspecified atom stereocenters. The Bertz CT molecular complexity index is 1220. The molecular formula is C25H28F3N3O2S. The molecule has 0 aromatic heterocycles. The molecule has 0 aliphatic carbocycles. The lowest BCUT2D eigenvalue weighted by molar-refractivity contribution is -0.137. The molecule has 0 saturated carbocycles. The first kappa shape index (κ1) is 24.7. The van der Waals surface area contributed by atoms with Crippen molar-refractivity contribution in [3.8, 4) is 0 Å². The van der Waals surface area contributed by atoms with Crippen molar-refractivity contribution >= 4 is 20.8 Å². The number of benzene rings is 3. The first-order chi connectivity index (χ1) is 16.1.